The highest BCUT2D eigenvalue weighted by Crippen LogP contribution is 2.22. The highest BCUT2D eigenvalue weighted by Gasteiger charge is 2.19. The summed E-state index contributed by atoms with van der Waals surface area (Å²) in [6.07, 6.45) is 18.3. The molecule has 9 heterocycles. The Balaban J connectivity index is -0.000000128. The number of hydrogen-bond acceptors (Lipinski definition) is 18. The number of rotatable bonds is 9. The standard InChI is InChI=1S/2C7H14N2.4C7H13NO.3C7H13NS.9C2H6/c1-6(2)7-3-4-8-9-5-7;1-6(2)7-4-3-5-8-9-7;1-6(2)7-3-8-5-9-4-7;1-6(2)7-3-4-9-5-8-7;1-6(2)7-3-4-8-5-9-7;1-6(2)7-8-4-3-5-9-7;1-6(2)7-3-8-5-9-4-7;1-6(2)7-3-4-9-5-8-7;1-6(2)7-8-4-3-5-9-7;9*1-2/h4,6-7,9H,3,5H2,1-2H3;5-7,9H,3-4H2,1-2H3;3*5-7H,3-4H2,1-2H3;6H,3-5H2,1-2H3;2*5-7H,3-4H2,1-2H3;6H,3-5H2,1-2H3;9*1-2H3. The van der Waals surface area contributed by atoms with Gasteiger partial charge in [-0.1, -0.05) is 249 Å². The Hall–Kier alpha value is -3.12. The van der Waals surface area contributed by atoms with Gasteiger partial charge < -0.3 is 29.8 Å². The van der Waals surface area contributed by atoms with E-state index in [9.17, 15) is 0 Å². The molecule has 0 aliphatic carbocycles. The van der Waals surface area contributed by atoms with E-state index in [4.69, 9.17) is 18.9 Å². The zero-order valence-electron chi connectivity index (χ0n) is 72.3. The molecule has 0 fully saturated rings. The summed E-state index contributed by atoms with van der Waals surface area (Å²) < 4.78 is 20.5. The lowest BCUT2D eigenvalue weighted by Gasteiger charge is -2.22. The molecule has 15 nitrogen and oxygen atoms in total. The molecule has 594 valence electrons. The van der Waals surface area contributed by atoms with Gasteiger partial charge in [-0.2, -0.15) is 10.2 Å². The molecule has 0 spiro atoms. The molecule has 0 bridgehead atoms. The van der Waals surface area contributed by atoms with Crippen molar-refractivity contribution >= 4 is 89.0 Å². The van der Waals surface area contributed by atoms with E-state index >= 15 is 0 Å². The van der Waals surface area contributed by atoms with Crippen molar-refractivity contribution in [2.45, 2.75) is 325 Å². The number of aliphatic imine (C=N–C) groups is 7. The van der Waals surface area contributed by atoms with E-state index in [0.717, 1.165) is 127 Å². The van der Waals surface area contributed by atoms with Crippen LogP contribution in [-0.2, 0) is 18.9 Å². The molecule has 9 aliphatic heterocycles. The third kappa shape index (κ3) is 74.4. The Kier molecular flexibility index (Phi) is 105. The smallest absolute Gasteiger partial charge is 0.185 e. The number of ether oxygens (including phenoxy) is 4. The Morgan fingerprint density at radius 2 is 1.03 bits per heavy atom. The molecule has 0 aromatic heterocycles. The highest BCUT2D eigenvalue weighted by atomic mass is 32.2. The Morgan fingerprint density at radius 1 is 0.455 bits per heavy atom. The number of nitrogens with one attached hydrogen (secondary N) is 2. The Labute approximate surface area is 632 Å². The number of hydrazone groups is 2. The van der Waals surface area contributed by atoms with Crippen molar-refractivity contribution in [2.24, 2.45) is 116 Å². The van der Waals surface area contributed by atoms with E-state index in [2.05, 4.69) is 181 Å². The van der Waals surface area contributed by atoms with Crippen LogP contribution in [-0.4, -0.2) is 154 Å². The minimum Gasteiger partial charge on any atom is -0.483 e. The van der Waals surface area contributed by atoms with Crippen LogP contribution in [0.25, 0.3) is 0 Å². The summed E-state index contributed by atoms with van der Waals surface area (Å²) >= 11 is 5.59. The second kappa shape index (κ2) is 91.0. The van der Waals surface area contributed by atoms with Crippen molar-refractivity contribution in [1.29, 1.82) is 0 Å². The van der Waals surface area contributed by atoms with Crippen molar-refractivity contribution in [3.8, 4) is 0 Å². The van der Waals surface area contributed by atoms with Crippen LogP contribution in [0.15, 0.2) is 45.1 Å². The minimum absolute atomic E-state index is 0.405. The molecule has 0 amide bonds. The first-order valence-corrected chi connectivity index (χ1v) is 43.3. The summed E-state index contributed by atoms with van der Waals surface area (Å²) in [5, 5.41) is 9.29. The van der Waals surface area contributed by atoms with E-state index in [-0.39, 0.29) is 0 Å². The monoisotopic (exact) mass is 1460 g/mol. The number of thioether (sulfide) groups is 3. The fourth-order valence-corrected chi connectivity index (χ4v) is 10.9. The number of nitrogens with zero attached hydrogens (tertiary/aromatic N) is 9. The maximum absolute atomic E-state index is 5.29. The molecule has 99 heavy (non-hydrogen) atoms. The van der Waals surface area contributed by atoms with Crippen LogP contribution in [0.4, 0.5) is 0 Å². The van der Waals surface area contributed by atoms with Crippen molar-refractivity contribution in [2.75, 3.05) is 76.3 Å². The normalized spacial score (nSPS) is 21.0. The maximum atomic E-state index is 5.29. The van der Waals surface area contributed by atoms with Gasteiger partial charge in [-0.25, -0.2) is 0 Å². The van der Waals surface area contributed by atoms with Crippen LogP contribution in [0, 0.1) is 71.0 Å². The van der Waals surface area contributed by atoms with Crippen LogP contribution < -0.4 is 10.9 Å². The summed E-state index contributed by atoms with van der Waals surface area (Å²) in [6, 6.07) is 1.71. The van der Waals surface area contributed by atoms with Gasteiger partial charge in [-0.05, 0) is 85.4 Å². The number of hydrogen-bond donors (Lipinski definition) is 2. The van der Waals surface area contributed by atoms with Crippen molar-refractivity contribution < 1.29 is 18.9 Å². The van der Waals surface area contributed by atoms with Gasteiger partial charge in [0, 0.05) is 112 Å². The van der Waals surface area contributed by atoms with Crippen molar-refractivity contribution in [3.63, 3.8) is 0 Å². The lowest BCUT2D eigenvalue weighted by Crippen LogP contribution is -2.32. The van der Waals surface area contributed by atoms with E-state index in [1.165, 1.54) is 41.6 Å². The van der Waals surface area contributed by atoms with Crippen LogP contribution in [0.1, 0.15) is 301 Å². The van der Waals surface area contributed by atoms with Crippen LogP contribution >= 0.6 is 35.3 Å². The summed E-state index contributed by atoms with van der Waals surface area (Å²) in [5.41, 5.74) is 10.0. The van der Waals surface area contributed by atoms with Crippen LogP contribution in [0.3, 0.4) is 0 Å². The van der Waals surface area contributed by atoms with Gasteiger partial charge in [-0.15, -0.1) is 35.3 Å². The molecule has 18 heteroatoms. The molecule has 0 radical (unpaired) electrons. The lowest BCUT2D eigenvalue weighted by molar-refractivity contribution is 0.130. The fourth-order valence-electron chi connectivity index (χ4n) is 8.21. The van der Waals surface area contributed by atoms with Gasteiger partial charge in [0.2, 0.25) is 0 Å². The van der Waals surface area contributed by atoms with Gasteiger partial charge in [0.1, 0.15) is 6.10 Å². The molecule has 0 aromatic rings. The molecule has 9 aliphatic rings. The van der Waals surface area contributed by atoms with E-state index in [0.29, 0.717) is 65.7 Å². The lowest BCUT2D eigenvalue weighted by atomic mass is 9.93. The van der Waals surface area contributed by atoms with E-state index < -0.39 is 0 Å². The van der Waals surface area contributed by atoms with Gasteiger partial charge in [0.05, 0.1) is 48.0 Å². The molecular weight excluding hydrogens is 1290 g/mol. The summed E-state index contributed by atoms with van der Waals surface area (Å²) in [4.78, 5) is 29.4. The molecule has 0 saturated heterocycles. The van der Waals surface area contributed by atoms with Gasteiger partial charge in [0.15, 0.2) is 25.1 Å². The van der Waals surface area contributed by atoms with Crippen LogP contribution in [0.2, 0.25) is 0 Å². The molecule has 9 rings (SSSR count). The second-order valence-electron chi connectivity index (χ2n) is 24.7. The van der Waals surface area contributed by atoms with Crippen molar-refractivity contribution in [1.82, 2.24) is 10.9 Å². The first-order valence-electron chi connectivity index (χ1n) is 40.2. The van der Waals surface area contributed by atoms with Gasteiger partial charge in [-0.3, -0.25) is 34.9 Å². The summed E-state index contributed by atoms with van der Waals surface area (Å²) in [5.74, 6) is 13.1. The zero-order chi connectivity index (χ0) is 78.2. The topological polar surface area (TPSA) is 172 Å². The third-order valence-corrected chi connectivity index (χ3v) is 17.6. The Morgan fingerprint density at radius 3 is 1.30 bits per heavy atom. The molecule has 0 saturated carbocycles. The summed E-state index contributed by atoms with van der Waals surface area (Å²) in [6.45, 7) is 84.2. The quantitative estimate of drug-likeness (QED) is 0.228. The maximum Gasteiger partial charge on any atom is 0.185 e. The molecule has 7 unspecified atom stereocenters. The molecule has 7 atom stereocenters. The van der Waals surface area contributed by atoms with Gasteiger partial charge >= 0.3 is 0 Å². The molecule has 0 aromatic carbocycles. The van der Waals surface area contributed by atoms with Crippen molar-refractivity contribution in [3.05, 3.63) is 0 Å². The average molecular weight is 1460 g/mol. The Bertz CT molecular complexity index is 1610. The first kappa shape index (κ1) is 114. The molecule has 2 N–H and O–H groups in total. The first-order chi connectivity index (χ1) is 47.7. The predicted octanol–water partition coefficient (Wildman–Crippen LogP) is 23.9. The van der Waals surface area contributed by atoms with E-state index in [1.807, 2.05) is 183 Å². The summed E-state index contributed by atoms with van der Waals surface area (Å²) in [7, 11) is 0. The molecular formula is C81H173N11O4S3. The van der Waals surface area contributed by atoms with Crippen LogP contribution in [0.5, 0.6) is 0 Å². The average Bonchev–Trinajstić information content (AvgIpc) is 3.85. The highest BCUT2D eigenvalue weighted by molar-refractivity contribution is 8.14. The minimum atomic E-state index is 0.405. The third-order valence-electron chi connectivity index (χ3n) is 14.6. The zero-order valence-corrected chi connectivity index (χ0v) is 74.8. The van der Waals surface area contributed by atoms with Gasteiger partial charge in [0.25, 0.3) is 0 Å². The fraction of sp³-hybridized carbons (Fsp3) is 0.889. The van der Waals surface area contributed by atoms with E-state index in [1.54, 1.807) is 19.2 Å². The SMILES string of the molecule is CC.CC.CC.CC.CC.CC.CC.CC.CC.CC(C)C1=NCCCO1.CC(C)C1=NCCCS1.CC(C)C1CC=NNC1.CC(C)C1CCC=NN1.CC(C)C1CCN=CO1.CC(C)C1CCOC=N1.CC(C)C1CCSC=N1.CC(C)C1CN=COC1.CC(C)C1CN=CSC1. The second-order valence-corrected chi connectivity index (χ2v) is 27.7. The predicted molar refractivity (Wildman–Crippen MR) is 464 cm³/mol. The largest absolute Gasteiger partial charge is 0.483 e.